The molecule has 106 valence electrons. The van der Waals surface area contributed by atoms with E-state index in [-0.39, 0.29) is 36.2 Å². The summed E-state index contributed by atoms with van der Waals surface area (Å²) >= 11 is 0. The molecule has 0 heterocycles. The second kappa shape index (κ2) is 10.5. The predicted molar refractivity (Wildman–Crippen MR) is 54.2 cm³/mol. The Kier molecular flexibility index (Phi) is 11.7. The second-order valence-electron chi connectivity index (χ2n) is 3.02. The molecule has 0 aliphatic rings. The monoisotopic (exact) mass is 308 g/mol. The Balaban J connectivity index is 0. The summed E-state index contributed by atoms with van der Waals surface area (Å²) in [7, 11) is -5.08. The molecule has 0 saturated carbocycles. The molecule has 0 saturated heterocycles. The third kappa shape index (κ3) is 9.32. The summed E-state index contributed by atoms with van der Waals surface area (Å²) in [4.78, 5) is 22.2. The Morgan fingerprint density at radius 1 is 1.11 bits per heavy atom. The van der Waals surface area contributed by atoms with Crippen LogP contribution in [0.25, 0.3) is 0 Å². The summed E-state index contributed by atoms with van der Waals surface area (Å²) in [6.07, 6.45) is -1.00. The summed E-state index contributed by atoms with van der Waals surface area (Å²) in [6, 6.07) is 0. The van der Waals surface area contributed by atoms with E-state index in [0.29, 0.717) is 0 Å². The van der Waals surface area contributed by atoms with Gasteiger partial charge in [0.2, 0.25) is 0 Å². The Bertz CT molecular complexity index is 380. The van der Waals surface area contributed by atoms with Crippen molar-refractivity contribution in [2.45, 2.75) is 11.7 Å². The van der Waals surface area contributed by atoms with Gasteiger partial charge in [-0.25, -0.2) is 8.42 Å². The van der Waals surface area contributed by atoms with Crippen molar-refractivity contribution < 1.29 is 71.8 Å². The Hall–Kier alpha value is -0.230. The zero-order chi connectivity index (χ0) is 14.2. The van der Waals surface area contributed by atoms with Crippen LogP contribution in [0.1, 0.15) is 6.42 Å². The van der Waals surface area contributed by atoms with Gasteiger partial charge in [0.05, 0.1) is 19.6 Å². The molecule has 0 spiro atoms. The molecule has 0 aromatic carbocycles. The molecule has 0 aliphatic heterocycles. The average molecular weight is 308 g/mol. The van der Waals surface area contributed by atoms with Crippen molar-refractivity contribution in [3.63, 3.8) is 0 Å². The molecule has 1 atom stereocenters. The van der Waals surface area contributed by atoms with E-state index in [2.05, 4.69) is 9.47 Å². The Labute approximate surface area is 131 Å². The molecule has 19 heavy (non-hydrogen) atoms. The van der Waals surface area contributed by atoms with Crippen LogP contribution < -0.4 is 29.6 Å². The molecule has 0 radical (unpaired) electrons. The van der Waals surface area contributed by atoms with Gasteiger partial charge in [-0.1, -0.05) is 0 Å². The maximum atomic E-state index is 11.2. The molecule has 0 rings (SSSR count). The Morgan fingerprint density at radius 2 is 1.58 bits per heavy atom. The fourth-order valence-corrected chi connectivity index (χ4v) is 1.56. The zero-order valence-corrected chi connectivity index (χ0v) is 13.1. The molecule has 1 unspecified atom stereocenters. The summed E-state index contributed by atoms with van der Waals surface area (Å²) in [5.74, 6) is -2.56. The topological polar surface area (TPSA) is 150 Å². The molecule has 0 aromatic heterocycles. The first-order valence-corrected chi connectivity index (χ1v) is 6.28. The van der Waals surface area contributed by atoms with E-state index in [4.69, 9.17) is 10.2 Å². The molecule has 0 amide bonds. The van der Waals surface area contributed by atoms with Gasteiger partial charge in [0, 0.05) is 0 Å². The van der Waals surface area contributed by atoms with Gasteiger partial charge in [-0.2, -0.15) is 0 Å². The van der Waals surface area contributed by atoms with Gasteiger partial charge in [0.15, 0.2) is 5.25 Å². The maximum Gasteiger partial charge on any atom is 1.00 e. The van der Waals surface area contributed by atoms with Crippen molar-refractivity contribution in [3.05, 3.63) is 0 Å². The number of rotatable bonds is 8. The fourth-order valence-electron chi connectivity index (χ4n) is 0.912. The summed E-state index contributed by atoms with van der Waals surface area (Å²) in [6.45, 7) is -1.89. The van der Waals surface area contributed by atoms with Crippen molar-refractivity contribution in [2.24, 2.45) is 0 Å². The molecule has 0 aromatic rings. The van der Waals surface area contributed by atoms with Crippen LogP contribution in [-0.4, -0.2) is 66.8 Å². The number of hydrogen-bond donors (Lipinski definition) is 2. The zero-order valence-electron chi connectivity index (χ0n) is 10.3. The van der Waals surface area contributed by atoms with E-state index >= 15 is 0 Å². The van der Waals surface area contributed by atoms with Gasteiger partial charge in [0.25, 0.3) is 0 Å². The third-order valence-corrected chi connectivity index (χ3v) is 2.71. The fraction of sp³-hybridized carbons (Fsp3) is 0.750. The van der Waals surface area contributed by atoms with Crippen LogP contribution in [0.3, 0.4) is 0 Å². The van der Waals surface area contributed by atoms with Crippen LogP contribution in [0, 0.1) is 0 Å². The van der Waals surface area contributed by atoms with Crippen LogP contribution in [0.2, 0.25) is 0 Å². The molecule has 9 nitrogen and oxygen atoms in total. The molecule has 0 fully saturated rings. The smallest absolute Gasteiger partial charge is 0.747 e. The van der Waals surface area contributed by atoms with Crippen molar-refractivity contribution in [1.82, 2.24) is 0 Å². The average Bonchev–Trinajstić information content (AvgIpc) is 2.28. The number of esters is 2. The minimum absolute atomic E-state index is 0. The van der Waals surface area contributed by atoms with Gasteiger partial charge < -0.3 is 24.2 Å². The number of hydrogen-bond acceptors (Lipinski definition) is 9. The van der Waals surface area contributed by atoms with Crippen molar-refractivity contribution in [2.75, 3.05) is 26.4 Å². The van der Waals surface area contributed by atoms with E-state index in [0.717, 1.165) is 0 Å². The van der Waals surface area contributed by atoms with Crippen molar-refractivity contribution >= 4 is 22.1 Å². The number of aliphatic hydroxyl groups is 2. The molecule has 2 N–H and O–H groups in total. The number of ether oxygens (including phenoxy) is 2. The maximum absolute atomic E-state index is 11.2. The first-order chi connectivity index (χ1) is 8.32. The predicted octanol–water partition coefficient (Wildman–Crippen LogP) is -5.63. The van der Waals surface area contributed by atoms with Crippen LogP contribution in [-0.2, 0) is 29.2 Å². The Morgan fingerprint density at radius 3 is 2.00 bits per heavy atom. The van der Waals surface area contributed by atoms with Gasteiger partial charge in [-0.3, -0.25) is 9.59 Å². The van der Waals surface area contributed by atoms with E-state index in [1.807, 2.05) is 0 Å². The van der Waals surface area contributed by atoms with Crippen LogP contribution in [0.4, 0.5) is 0 Å². The minimum Gasteiger partial charge on any atom is -0.747 e. The number of carbonyl (C=O) groups is 2. The van der Waals surface area contributed by atoms with Crippen LogP contribution >= 0.6 is 0 Å². The molecule has 0 bridgehead atoms. The van der Waals surface area contributed by atoms with E-state index in [9.17, 15) is 22.6 Å². The van der Waals surface area contributed by atoms with Crippen LogP contribution in [0.15, 0.2) is 0 Å². The van der Waals surface area contributed by atoms with E-state index < -0.39 is 53.5 Å². The first kappa shape index (κ1) is 21.1. The molecular formula is C8H13NaO9S. The molecular weight excluding hydrogens is 295 g/mol. The molecule has 11 heteroatoms. The third-order valence-electron chi connectivity index (χ3n) is 1.65. The van der Waals surface area contributed by atoms with Crippen molar-refractivity contribution in [3.8, 4) is 0 Å². The normalized spacial score (nSPS) is 12.2. The summed E-state index contributed by atoms with van der Waals surface area (Å²) < 4.78 is 40.9. The van der Waals surface area contributed by atoms with Gasteiger partial charge in [-0.05, 0) is 0 Å². The second-order valence-corrected chi connectivity index (χ2v) is 4.58. The standard InChI is InChI=1S/C8H14O9S.Na/c9-1-3-16-7(11)5-6(18(13,14)15)8(12)17-4-2-10;/h6,9-10H,1-5H2,(H,13,14,15);/q;+1/p-1. The van der Waals surface area contributed by atoms with Gasteiger partial charge in [-0.15, -0.1) is 0 Å². The van der Waals surface area contributed by atoms with Gasteiger partial charge in [0.1, 0.15) is 23.3 Å². The summed E-state index contributed by atoms with van der Waals surface area (Å²) in [5.41, 5.74) is 0. The van der Waals surface area contributed by atoms with Gasteiger partial charge >= 0.3 is 41.5 Å². The van der Waals surface area contributed by atoms with Crippen molar-refractivity contribution in [1.29, 1.82) is 0 Å². The SMILES string of the molecule is O=C(CC(C(=O)OCCO)S(=O)(=O)[O-])OCCO.[Na+]. The van der Waals surface area contributed by atoms with E-state index in [1.165, 1.54) is 0 Å². The largest absolute Gasteiger partial charge is 1.00 e. The number of aliphatic hydroxyl groups excluding tert-OH is 2. The van der Waals surface area contributed by atoms with Crippen LogP contribution in [0.5, 0.6) is 0 Å². The minimum atomic E-state index is -5.08. The molecule has 0 aliphatic carbocycles. The quantitative estimate of drug-likeness (QED) is 0.254. The summed E-state index contributed by atoms with van der Waals surface area (Å²) in [5, 5.41) is 14.5. The number of carbonyl (C=O) groups excluding carboxylic acids is 2. The van der Waals surface area contributed by atoms with E-state index in [1.54, 1.807) is 0 Å². The first-order valence-electron chi connectivity index (χ1n) is 4.81.